The molecule has 3 rings (SSSR count). The number of ether oxygens (including phenoxy) is 1. The van der Waals surface area contributed by atoms with E-state index in [2.05, 4.69) is 4.98 Å². The molecule has 22 heavy (non-hydrogen) atoms. The molecule has 1 heterocycles. The fraction of sp³-hybridized carbons (Fsp3) is 0.105. The van der Waals surface area contributed by atoms with Crippen molar-refractivity contribution in [2.45, 2.75) is 13.0 Å². The Labute approximate surface area is 129 Å². The number of aromatic nitrogens is 1. The number of aryl methyl sites for hydroxylation is 1. The maximum atomic E-state index is 10.5. The van der Waals surface area contributed by atoms with Gasteiger partial charge in [-0.15, -0.1) is 0 Å². The third kappa shape index (κ3) is 3.15. The summed E-state index contributed by atoms with van der Waals surface area (Å²) >= 11 is 0. The molecular weight excluding hydrogens is 274 g/mol. The SMILES string of the molecule is Cc1cc(Oc2ccccc2)ncc1[C@@H](O)c1ccccc1. The second-order valence-electron chi connectivity index (χ2n) is 5.11. The number of nitrogens with zero attached hydrogens (tertiary/aromatic N) is 1. The zero-order valence-corrected chi connectivity index (χ0v) is 12.3. The summed E-state index contributed by atoms with van der Waals surface area (Å²) < 4.78 is 5.71. The van der Waals surface area contributed by atoms with Crippen LogP contribution < -0.4 is 4.74 Å². The molecule has 0 amide bonds. The third-order valence-corrected chi connectivity index (χ3v) is 3.50. The number of aliphatic hydroxyl groups excluding tert-OH is 1. The third-order valence-electron chi connectivity index (χ3n) is 3.50. The van der Waals surface area contributed by atoms with Gasteiger partial charge in [0.15, 0.2) is 0 Å². The highest BCUT2D eigenvalue weighted by Crippen LogP contribution is 2.27. The first-order chi connectivity index (χ1) is 10.7. The molecule has 110 valence electrons. The van der Waals surface area contributed by atoms with Crippen molar-refractivity contribution in [3.63, 3.8) is 0 Å². The molecular formula is C19H17NO2. The number of pyridine rings is 1. The normalized spacial score (nSPS) is 11.9. The van der Waals surface area contributed by atoms with Crippen molar-refractivity contribution in [2.75, 3.05) is 0 Å². The predicted molar refractivity (Wildman–Crippen MR) is 86.0 cm³/mol. The Balaban J connectivity index is 1.83. The summed E-state index contributed by atoms with van der Waals surface area (Å²) in [5.74, 6) is 1.26. The van der Waals surface area contributed by atoms with E-state index in [1.165, 1.54) is 0 Å². The first-order valence-corrected chi connectivity index (χ1v) is 7.16. The van der Waals surface area contributed by atoms with Crippen molar-refractivity contribution < 1.29 is 9.84 Å². The van der Waals surface area contributed by atoms with Crippen molar-refractivity contribution in [2.24, 2.45) is 0 Å². The first-order valence-electron chi connectivity index (χ1n) is 7.16. The summed E-state index contributed by atoms with van der Waals surface area (Å²) in [4.78, 5) is 4.30. The van der Waals surface area contributed by atoms with E-state index in [1.807, 2.05) is 73.7 Å². The topological polar surface area (TPSA) is 42.4 Å². The van der Waals surface area contributed by atoms with Gasteiger partial charge in [0.25, 0.3) is 0 Å². The molecule has 1 atom stereocenters. The van der Waals surface area contributed by atoms with Crippen LogP contribution >= 0.6 is 0 Å². The Morgan fingerprint density at radius 3 is 2.23 bits per heavy atom. The highest BCUT2D eigenvalue weighted by atomic mass is 16.5. The standard InChI is InChI=1S/C19H17NO2/c1-14-12-18(22-16-10-6-3-7-11-16)20-13-17(14)19(21)15-8-4-2-5-9-15/h2-13,19,21H,1H3/t19-/m0/s1. The molecule has 3 aromatic rings. The fourth-order valence-electron chi connectivity index (χ4n) is 2.31. The van der Waals surface area contributed by atoms with Crippen molar-refractivity contribution in [1.82, 2.24) is 4.98 Å². The van der Waals surface area contributed by atoms with E-state index in [4.69, 9.17) is 4.74 Å². The molecule has 0 saturated carbocycles. The molecule has 0 saturated heterocycles. The summed E-state index contributed by atoms with van der Waals surface area (Å²) in [7, 11) is 0. The lowest BCUT2D eigenvalue weighted by Crippen LogP contribution is -2.03. The number of rotatable bonds is 4. The van der Waals surface area contributed by atoms with Gasteiger partial charge in [-0.05, 0) is 30.2 Å². The lowest BCUT2D eigenvalue weighted by atomic mass is 9.99. The van der Waals surface area contributed by atoms with Crippen molar-refractivity contribution in [3.05, 3.63) is 89.6 Å². The van der Waals surface area contributed by atoms with Gasteiger partial charge in [0.1, 0.15) is 11.9 Å². The van der Waals surface area contributed by atoms with Crippen LogP contribution in [-0.4, -0.2) is 10.1 Å². The Hall–Kier alpha value is -2.65. The van der Waals surface area contributed by atoms with Gasteiger partial charge in [0.2, 0.25) is 5.88 Å². The molecule has 1 aromatic heterocycles. The van der Waals surface area contributed by atoms with E-state index in [9.17, 15) is 5.11 Å². The van der Waals surface area contributed by atoms with E-state index in [-0.39, 0.29) is 0 Å². The second kappa shape index (κ2) is 6.41. The van der Waals surface area contributed by atoms with Crippen LogP contribution in [0, 0.1) is 6.92 Å². The Morgan fingerprint density at radius 1 is 0.955 bits per heavy atom. The first kappa shape index (κ1) is 14.3. The van der Waals surface area contributed by atoms with E-state index >= 15 is 0 Å². The number of aliphatic hydroxyl groups is 1. The average Bonchev–Trinajstić information content (AvgIpc) is 2.56. The molecule has 0 aliphatic rings. The van der Waals surface area contributed by atoms with Gasteiger partial charge >= 0.3 is 0 Å². The van der Waals surface area contributed by atoms with Crippen LogP contribution in [0.2, 0.25) is 0 Å². The van der Waals surface area contributed by atoms with Gasteiger partial charge < -0.3 is 9.84 Å². The Kier molecular flexibility index (Phi) is 4.17. The number of benzene rings is 2. The van der Waals surface area contributed by atoms with Crippen LogP contribution in [0.15, 0.2) is 72.9 Å². The molecule has 0 bridgehead atoms. The highest BCUT2D eigenvalue weighted by Gasteiger charge is 2.14. The largest absolute Gasteiger partial charge is 0.439 e. The lowest BCUT2D eigenvalue weighted by Gasteiger charge is -2.14. The van der Waals surface area contributed by atoms with Crippen LogP contribution in [0.4, 0.5) is 0 Å². The van der Waals surface area contributed by atoms with Crippen LogP contribution in [0.25, 0.3) is 0 Å². The summed E-state index contributed by atoms with van der Waals surface area (Å²) in [5, 5.41) is 10.5. The fourth-order valence-corrected chi connectivity index (χ4v) is 2.31. The summed E-state index contributed by atoms with van der Waals surface area (Å²) in [6.07, 6.45) is 0.991. The van der Waals surface area contributed by atoms with Crippen LogP contribution in [0.3, 0.4) is 0 Å². The second-order valence-corrected chi connectivity index (χ2v) is 5.11. The maximum absolute atomic E-state index is 10.5. The van der Waals surface area contributed by atoms with Crippen LogP contribution in [-0.2, 0) is 0 Å². The molecule has 0 aliphatic carbocycles. The van der Waals surface area contributed by atoms with Crippen molar-refractivity contribution >= 4 is 0 Å². The number of hydrogen-bond acceptors (Lipinski definition) is 3. The van der Waals surface area contributed by atoms with Crippen LogP contribution in [0.1, 0.15) is 22.8 Å². The average molecular weight is 291 g/mol. The quantitative estimate of drug-likeness (QED) is 0.780. The maximum Gasteiger partial charge on any atom is 0.219 e. The number of para-hydroxylation sites is 1. The van der Waals surface area contributed by atoms with E-state index in [0.717, 1.165) is 22.4 Å². The summed E-state index contributed by atoms with van der Waals surface area (Å²) in [6, 6.07) is 20.9. The Morgan fingerprint density at radius 2 is 1.59 bits per heavy atom. The predicted octanol–water partition coefficient (Wildman–Crippen LogP) is 4.26. The van der Waals surface area contributed by atoms with E-state index < -0.39 is 6.10 Å². The highest BCUT2D eigenvalue weighted by molar-refractivity contribution is 5.37. The molecule has 0 spiro atoms. The molecule has 3 heteroatoms. The zero-order chi connectivity index (χ0) is 15.4. The molecule has 0 fully saturated rings. The molecule has 0 unspecified atom stereocenters. The summed E-state index contributed by atoms with van der Waals surface area (Å²) in [5.41, 5.74) is 2.58. The monoisotopic (exact) mass is 291 g/mol. The molecule has 3 nitrogen and oxygen atoms in total. The minimum absolute atomic E-state index is 0.521. The zero-order valence-electron chi connectivity index (χ0n) is 12.3. The minimum atomic E-state index is -0.681. The van der Waals surface area contributed by atoms with E-state index in [0.29, 0.717) is 5.88 Å². The molecule has 0 aliphatic heterocycles. The van der Waals surface area contributed by atoms with Gasteiger partial charge in [-0.1, -0.05) is 48.5 Å². The molecule has 1 N–H and O–H groups in total. The van der Waals surface area contributed by atoms with Gasteiger partial charge in [-0.2, -0.15) is 0 Å². The van der Waals surface area contributed by atoms with Gasteiger partial charge in [0.05, 0.1) is 0 Å². The van der Waals surface area contributed by atoms with Crippen LogP contribution in [0.5, 0.6) is 11.6 Å². The molecule has 2 aromatic carbocycles. The van der Waals surface area contributed by atoms with E-state index in [1.54, 1.807) is 6.20 Å². The van der Waals surface area contributed by atoms with Gasteiger partial charge in [0, 0.05) is 17.8 Å². The van der Waals surface area contributed by atoms with Crippen molar-refractivity contribution in [1.29, 1.82) is 0 Å². The lowest BCUT2D eigenvalue weighted by molar-refractivity contribution is 0.219. The number of hydrogen-bond donors (Lipinski definition) is 1. The van der Waals surface area contributed by atoms with Crippen molar-refractivity contribution in [3.8, 4) is 11.6 Å². The minimum Gasteiger partial charge on any atom is -0.439 e. The smallest absolute Gasteiger partial charge is 0.219 e. The molecule has 0 radical (unpaired) electrons. The Bertz CT molecular complexity index is 742. The van der Waals surface area contributed by atoms with Gasteiger partial charge in [-0.3, -0.25) is 0 Å². The van der Waals surface area contributed by atoms with Gasteiger partial charge in [-0.25, -0.2) is 4.98 Å². The summed E-state index contributed by atoms with van der Waals surface area (Å²) in [6.45, 7) is 1.95.